The molecule has 0 aromatic carbocycles. The third-order valence-corrected chi connectivity index (χ3v) is 2.54. The lowest BCUT2D eigenvalue weighted by molar-refractivity contribution is -0.137. The fraction of sp³-hybridized carbons (Fsp3) is 0.556. The normalized spacial score (nSPS) is 24.9. The number of hydrogen-bond donors (Lipinski definition) is 1. The number of hydrogen-bond acceptors (Lipinski definition) is 5. The third-order valence-electron chi connectivity index (χ3n) is 1.54. The van der Waals surface area contributed by atoms with E-state index in [1.54, 1.807) is 11.7 Å². The Morgan fingerprint density at radius 2 is 2.40 bits per heavy atom. The highest BCUT2D eigenvalue weighted by Crippen LogP contribution is 2.32. The first-order valence-corrected chi connectivity index (χ1v) is 5.35. The predicted octanol–water partition coefficient (Wildman–Crippen LogP) is 0.948. The largest absolute Gasteiger partial charge is 0.409 e. The van der Waals surface area contributed by atoms with Gasteiger partial charge in [-0.1, -0.05) is 11.8 Å². The van der Waals surface area contributed by atoms with E-state index in [4.69, 9.17) is 4.74 Å². The summed E-state index contributed by atoms with van der Waals surface area (Å²) in [6.07, 6.45) is 1.71. The van der Waals surface area contributed by atoms with Crippen molar-refractivity contribution in [3.05, 3.63) is 11.3 Å². The van der Waals surface area contributed by atoms with Gasteiger partial charge in [0.15, 0.2) is 4.99 Å². The minimum atomic E-state index is -0.491. The Morgan fingerprint density at radius 3 is 2.93 bits per heavy atom. The number of carbonyl (C=O) groups excluding carboxylic acids is 1. The summed E-state index contributed by atoms with van der Waals surface area (Å²) < 4.78 is 4.92. The third kappa shape index (κ3) is 3.83. The molecule has 0 saturated carbocycles. The number of rotatable bonds is 3. The Balaban J connectivity index is 2.53. The topological polar surface area (TPSA) is 53.9 Å². The van der Waals surface area contributed by atoms with Crippen LogP contribution in [0, 0.1) is 0 Å². The highest BCUT2D eigenvalue weighted by molar-refractivity contribution is 8.03. The second-order valence-electron chi connectivity index (χ2n) is 3.51. The molecule has 0 spiro atoms. The summed E-state index contributed by atoms with van der Waals surface area (Å²) in [5.74, 6) is 0.112. The Labute approximate surface area is 93.6 Å². The van der Waals surface area contributed by atoms with Gasteiger partial charge in [0, 0.05) is 26.4 Å². The van der Waals surface area contributed by atoms with Gasteiger partial charge in [-0.25, -0.2) is 4.99 Å². The predicted molar refractivity (Wildman–Crippen MR) is 61.2 cm³/mol. The van der Waals surface area contributed by atoms with Gasteiger partial charge in [0.25, 0.3) is 0 Å². The molecule has 1 N–H and O–H groups in total. The molecular formula is C9H15N3O2S. The van der Waals surface area contributed by atoms with Crippen LogP contribution in [0.1, 0.15) is 13.8 Å². The summed E-state index contributed by atoms with van der Waals surface area (Å²) in [7, 11) is 3.79. The zero-order valence-corrected chi connectivity index (χ0v) is 10.1. The zero-order valence-electron chi connectivity index (χ0n) is 9.27. The molecule has 1 heterocycles. The highest BCUT2D eigenvalue weighted by atomic mass is 32.2. The molecule has 6 heteroatoms. The lowest BCUT2D eigenvalue weighted by Gasteiger charge is -2.20. The first-order chi connectivity index (χ1) is 6.91. The molecule has 0 bridgehead atoms. The zero-order chi connectivity index (χ0) is 11.5. The Hall–Kier alpha value is -1.17. The molecule has 1 unspecified atom stereocenters. The quantitative estimate of drug-likeness (QED) is 0.443. The van der Waals surface area contributed by atoms with Crippen molar-refractivity contribution in [2.45, 2.75) is 18.8 Å². The van der Waals surface area contributed by atoms with Gasteiger partial charge in [-0.2, -0.15) is 0 Å². The van der Waals surface area contributed by atoms with E-state index in [1.807, 2.05) is 25.9 Å². The van der Waals surface area contributed by atoms with Crippen LogP contribution in [0.2, 0.25) is 0 Å². The number of nitrogens with zero attached hydrogens (tertiary/aromatic N) is 2. The van der Waals surface area contributed by atoms with Crippen molar-refractivity contribution in [3.63, 3.8) is 0 Å². The first kappa shape index (κ1) is 11.9. The number of ether oxygens (including phenoxy) is 1. The van der Waals surface area contributed by atoms with Crippen molar-refractivity contribution >= 4 is 24.1 Å². The van der Waals surface area contributed by atoms with Crippen LogP contribution in [0.15, 0.2) is 16.3 Å². The molecule has 0 saturated heterocycles. The molecule has 84 valence electrons. The van der Waals surface area contributed by atoms with Crippen LogP contribution < -0.4 is 5.32 Å². The van der Waals surface area contributed by atoms with E-state index in [0.717, 1.165) is 0 Å². The smallest absolute Gasteiger partial charge is 0.309 e. The SMILES string of the molecule is CC(=O)OC1=CSC(C)(N=CN(C)C)N1. The van der Waals surface area contributed by atoms with Crippen molar-refractivity contribution < 1.29 is 9.53 Å². The maximum atomic E-state index is 10.7. The van der Waals surface area contributed by atoms with Gasteiger partial charge in [0.1, 0.15) is 0 Å². The minimum Gasteiger partial charge on any atom is -0.409 e. The first-order valence-electron chi connectivity index (χ1n) is 4.48. The van der Waals surface area contributed by atoms with E-state index >= 15 is 0 Å². The Morgan fingerprint density at radius 1 is 1.73 bits per heavy atom. The molecule has 1 atom stereocenters. The average molecular weight is 229 g/mol. The summed E-state index contributed by atoms with van der Waals surface area (Å²) >= 11 is 1.46. The van der Waals surface area contributed by atoms with E-state index in [-0.39, 0.29) is 5.97 Å². The minimum absolute atomic E-state index is 0.338. The van der Waals surface area contributed by atoms with Crippen LogP contribution in [0.25, 0.3) is 0 Å². The number of thioether (sulfide) groups is 1. The average Bonchev–Trinajstić information content (AvgIpc) is 2.44. The van der Waals surface area contributed by atoms with Crippen molar-refractivity contribution in [1.82, 2.24) is 10.2 Å². The molecule has 0 fully saturated rings. The lowest BCUT2D eigenvalue weighted by Crippen LogP contribution is -2.34. The number of nitrogens with one attached hydrogen (secondary N) is 1. The highest BCUT2D eigenvalue weighted by Gasteiger charge is 2.30. The molecular weight excluding hydrogens is 214 g/mol. The van der Waals surface area contributed by atoms with E-state index < -0.39 is 4.99 Å². The van der Waals surface area contributed by atoms with Gasteiger partial charge in [-0.15, -0.1) is 0 Å². The molecule has 1 aliphatic heterocycles. The second-order valence-corrected chi connectivity index (χ2v) is 4.78. The Kier molecular flexibility index (Phi) is 3.62. The monoisotopic (exact) mass is 229 g/mol. The van der Waals surface area contributed by atoms with Gasteiger partial charge in [-0.3, -0.25) is 4.79 Å². The van der Waals surface area contributed by atoms with Crippen molar-refractivity contribution in [3.8, 4) is 0 Å². The molecule has 15 heavy (non-hydrogen) atoms. The van der Waals surface area contributed by atoms with Gasteiger partial charge in [0.05, 0.1) is 6.34 Å². The summed E-state index contributed by atoms with van der Waals surface area (Å²) in [5.41, 5.74) is 0. The summed E-state index contributed by atoms with van der Waals surface area (Å²) in [5, 5.41) is 4.75. The van der Waals surface area contributed by atoms with Crippen LogP contribution >= 0.6 is 11.8 Å². The van der Waals surface area contributed by atoms with Gasteiger partial charge >= 0.3 is 5.97 Å². The Bertz CT molecular complexity index is 314. The van der Waals surface area contributed by atoms with Crippen LogP contribution in [0.3, 0.4) is 0 Å². The van der Waals surface area contributed by atoms with Crippen molar-refractivity contribution in [2.75, 3.05) is 14.1 Å². The van der Waals surface area contributed by atoms with Gasteiger partial charge < -0.3 is 15.0 Å². The maximum Gasteiger partial charge on any atom is 0.309 e. The summed E-state index contributed by atoms with van der Waals surface area (Å²) in [6.45, 7) is 3.27. The molecule has 0 amide bonds. The van der Waals surface area contributed by atoms with Crippen LogP contribution in [-0.2, 0) is 9.53 Å². The molecule has 0 aromatic rings. The summed E-state index contributed by atoms with van der Waals surface area (Å²) in [6, 6.07) is 0. The van der Waals surface area contributed by atoms with E-state index in [9.17, 15) is 4.79 Å². The number of aliphatic imine (C=N–C) groups is 1. The molecule has 1 aliphatic rings. The van der Waals surface area contributed by atoms with Gasteiger partial charge in [-0.05, 0) is 6.92 Å². The van der Waals surface area contributed by atoms with Crippen molar-refractivity contribution in [1.29, 1.82) is 0 Å². The molecule has 0 radical (unpaired) electrons. The molecule has 1 rings (SSSR count). The standard InChI is InChI=1S/C9H15N3O2S/c1-7(13)14-8-5-15-9(2,11-8)10-6-12(3)4/h5-6,11H,1-4H3. The van der Waals surface area contributed by atoms with E-state index in [1.165, 1.54) is 18.7 Å². The number of carbonyl (C=O) groups is 1. The van der Waals surface area contributed by atoms with E-state index in [0.29, 0.717) is 5.88 Å². The second kappa shape index (κ2) is 4.57. The molecule has 0 aromatic heterocycles. The van der Waals surface area contributed by atoms with Crippen LogP contribution in [-0.4, -0.2) is 36.3 Å². The summed E-state index contributed by atoms with van der Waals surface area (Å²) in [4.78, 5) is 16.4. The maximum absolute atomic E-state index is 10.7. The molecule has 0 aliphatic carbocycles. The fourth-order valence-corrected chi connectivity index (χ4v) is 1.66. The molecule has 5 nitrogen and oxygen atoms in total. The lowest BCUT2D eigenvalue weighted by atomic mass is 10.5. The van der Waals surface area contributed by atoms with Crippen LogP contribution in [0.4, 0.5) is 0 Å². The van der Waals surface area contributed by atoms with Crippen molar-refractivity contribution in [2.24, 2.45) is 4.99 Å². The number of esters is 1. The van der Waals surface area contributed by atoms with Gasteiger partial charge in [0.2, 0.25) is 5.88 Å². The fourth-order valence-electron chi connectivity index (χ4n) is 0.949. The van der Waals surface area contributed by atoms with E-state index in [2.05, 4.69) is 10.3 Å². The van der Waals surface area contributed by atoms with Crippen LogP contribution in [0.5, 0.6) is 0 Å².